The topological polar surface area (TPSA) is 107 Å². The van der Waals surface area contributed by atoms with Crippen molar-refractivity contribution in [3.05, 3.63) is 39.9 Å². The van der Waals surface area contributed by atoms with Crippen molar-refractivity contribution in [3.8, 4) is 0 Å². The summed E-state index contributed by atoms with van der Waals surface area (Å²) in [7, 11) is 1.47. The second-order valence-electron chi connectivity index (χ2n) is 13.8. The predicted molar refractivity (Wildman–Crippen MR) is 148 cm³/mol. The number of carbonyl (C=O) groups excluding carboxylic acids is 2. The van der Waals surface area contributed by atoms with E-state index in [1.165, 1.54) is 57.1 Å². The summed E-state index contributed by atoms with van der Waals surface area (Å²) >= 11 is 0. The molecular formula is C32H45NO6. The maximum Gasteiger partial charge on any atom is 0.305 e. The van der Waals surface area contributed by atoms with Crippen LogP contribution in [0, 0.1) is 56.5 Å². The summed E-state index contributed by atoms with van der Waals surface area (Å²) in [5.74, 6) is 3.09. The van der Waals surface area contributed by atoms with Gasteiger partial charge in [0.1, 0.15) is 5.60 Å². The molecule has 5 rings (SSSR count). The van der Waals surface area contributed by atoms with Crippen LogP contribution >= 0.6 is 0 Å². The molecule has 0 saturated heterocycles. The zero-order valence-electron chi connectivity index (χ0n) is 24.0. The lowest BCUT2D eigenvalue weighted by Crippen LogP contribution is -2.57. The Morgan fingerprint density at radius 3 is 2.38 bits per heavy atom. The van der Waals surface area contributed by atoms with E-state index in [0.717, 1.165) is 25.7 Å². The van der Waals surface area contributed by atoms with Gasteiger partial charge in [-0.3, -0.25) is 19.7 Å². The van der Waals surface area contributed by atoms with Crippen molar-refractivity contribution in [3.63, 3.8) is 0 Å². The van der Waals surface area contributed by atoms with E-state index < -0.39 is 10.5 Å². The van der Waals surface area contributed by atoms with Crippen molar-refractivity contribution in [1.29, 1.82) is 0 Å². The van der Waals surface area contributed by atoms with E-state index in [-0.39, 0.29) is 22.9 Å². The zero-order chi connectivity index (χ0) is 28.2. The van der Waals surface area contributed by atoms with Crippen LogP contribution in [0.5, 0.6) is 0 Å². The number of rotatable bonds is 7. The van der Waals surface area contributed by atoms with E-state index in [4.69, 9.17) is 4.74 Å². The molecule has 4 aliphatic rings. The number of aliphatic hydroxyl groups is 1. The van der Waals surface area contributed by atoms with Crippen molar-refractivity contribution in [2.75, 3.05) is 7.11 Å². The summed E-state index contributed by atoms with van der Waals surface area (Å²) in [6, 6.07) is 5.65. The van der Waals surface area contributed by atoms with Gasteiger partial charge >= 0.3 is 5.97 Å². The normalized spacial score (nSPS) is 40.1. The number of hydrogen-bond donors (Lipinski definition) is 1. The molecule has 214 valence electrons. The van der Waals surface area contributed by atoms with Crippen LogP contribution < -0.4 is 0 Å². The molecule has 1 aromatic rings. The molecule has 7 nitrogen and oxygen atoms in total. The third-order valence-corrected chi connectivity index (χ3v) is 12.3. The standard InChI is InChI=1S/C32H45NO6/c1-20(5-14-28(34)39-4)25-12-13-26-24-11-8-22-19-32(36,29(35)21-6-9-23(10-7-21)33(37)38)18-17-30(22,2)27(24)15-16-31(25,26)3/h6-7,9-10,20,22,24-27,36H,5,8,11-19H2,1-4H3/t20-,22?,24+,25-,26+,27+,30+,31-,32-/m1/s1. The number of ketones is 1. The zero-order valence-corrected chi connectivity index (χ0v) is 24.0. The van der Waals surface area contributed by atoms with Gasteiger partial charge in [-0.2, -0.15) is 0 Å². The van der Waals surface area contributed by atoms with Gasteiger partial charge in [0, 0.05) is 24.1 Å². The van der Waals surface area contributed by atoms with Crippen LogP contribution in [-0.4, -0.2) is 34.5 Å². The minimum absolute atomic E-state index is 0.0515. The number of hydrogen-bond acceptors (Lipinski definition) is 6. The lowest BCUT2D eigenvalue weighted by Gasteiger charge is -2.62. The fourth-order valence-corrected chi connectivity index (χ4v) is 10.1. The smallest absolute Gasteiger partial charge is 0.305 e. The molecule has 39 heavy (non-hydrogen) atoms. The number of Topliss-reactive ketones (excluding diaryl/α,β-unsaturated/α-hetero) is 1. The fourth-order valence-electron chi connectivity index (χ4n) is 10.1. The fraction of sp³-hybridized carbons (Fsp3) is 0.750. The maximum atomic E-state index is 13.4. The summed E-state index contributed by atoms with van der Waals surface area (Å²) in [6.45, 7) is 7.28. The molecule has 0 spiro atoms. The molecule has 4 aliphatic carbocycles. The van der Waals surface area contributed by atoms with Crippen molar-refractivity contribution in [2.45, 2.75) is 97.0 Å². The van der Waals surface area contributed by atoms with E-state index in [2.05, 4.69) is 20.8 Å². The Bertz CT molecular complexity index is 1120. The number of fused-ring (bicyclic) bond motifs is 5. The van der Waals surface area contributed by atoms with Gasteiger partial charge in [-0.25, -0.2) is 0 Å². The Hall–Kier alpha value is -2.28. The van der Waals surface area contributed by atoms with Crippen molar-refractivity contribution >= 4 is 17.4 Å². The molecule has 0 bridgehead atoms. The highest BCUT2D eigenvalue weighted by Crippen LogP contribution is 2.69. The van der Waals surface area contributed by atoms with Crippen molar-refractivity contribution in [1.82, 2.24) is 0 Å². The molecule has 0 aliphatic heterocycles. The second-order valence-corrected chi connectivity index (χ2v) is 13.8. The third-order valence-electron chi connectivity index (χ3n) is 12.3. The summed E-state index contributed by atoms with van der Waals surface area (Å²) in [5, 5.41) is 22.6. The number of carbonyl (C=O) groups is 2. The van der Waals surface area contributed by atoms with Crippen LogP contribution in [0.2, 0.25) is 0 Å². The molecule has 1 N–H and O–H groups in total. The first-order valence-corrected chi connectivity index (χ1v) is 15.0. The van der Waals surface area contributed by atoms with Crippen LogP contribution in [0.1, 0.15) is 102 Å². The second kappa shape index (κ2) is 10.3. The largest absolute Gasteiger partial charge is 0.469 e. The Morgan fingerprint density at radius 1 is 1.03 bits per heavy atom. The van der Waals surface area contributed by atoms with Crippen LogP contribution in [0.15, 0.2) is 24.3 Å². The molecule has 0 amide bonds. The summed E-state index contributed by atoms with van der Waals surface area (Å²) < 4.78 is 4.89. The molecule has 9 atom stereocenters. The Kier molecular flexibility index (Phi) is 7.45. The van der Waals surface area contributed by atoms with Gasteiger partial charge < -0.3 is 9.84 Å². The highest BCUT2D eigenvalue weighted by Gasteiger charge is 2.62. The van der Waals surface area contributed by atoms with E-state index in [1.54, 1.807) is 0 Å². The Balaban J connectivity index is 1.28. The Morgan fingerprint density at radius 2 is 1.72 bits per heavy atom. The minimum atomic E-state index is -1.40. The molecule has 1 unspecified atom stereocenters. The quantitative estimate of drug-likeness (QED) is 0.178. The number of nitrogens with zero attached hydrogens (tertiary/aromatic N) is 1. The first kappa shape index (κ1) is 28.3. The van der Waals surface area contributed by atoms with Gasteiger partial charge in [0.25, 0.3) is 5.69 Å². The molecule has 1 aromatic carbocycles. The summed E-state index contributed by atoms with van der Waals surface area (Å²) in [6.07, 6.45) is 10.3. The van der Waals surface area contributed by atoms with Crippen LogP contribution in [0.4, 0.5) is 5.69 Å². The van der Waals surface area contributed by atoms with Gasteiger partial charge in [0.2, 0.25) is 0 Å². The van der Waals surface area contributed by atoms with Crippen LogP contribution in [-0.2, 0) is 9.53 Å². The van der Waals surface area contributed by atoms with E-state index in [9.17, 15) is 24.8 Å². The molecule has 7 heteroatoms. The summed E-state index contributed by atoms with van der Waals surface area (Å²) in [5.41, 5.74) is -0.650. The highest BCUT2D eigenvalue weighted by molar-refractivity contribution is 6.02. The molecule has 0 aromatic heterocycles. The van der Waals surface area contributed by atoms with Crippen LogP contribution in [0.25, 0.3) is 0 Å². The van der Waals surface area contributed by atoms with Crippen LogP contribution in [0.3, 0.4) is 0 Å². The van der Waals surface area contributed by atoms with Gasteiger partial charge in [0.05, 0.1) is 12.0 Å². The van der Waals surface area contributed by atoms with Crippen molar-refractivity contribution < 1.29 is 24.4 Å². The van der Waals surface area contributed by atoms with Crippen molar-refractivity contribution in [2.24, 2.45) is 46.3 Å². The number of methoxy groups -OCH3 is 1. The average Bonchev–Trinajstić information content (AvgIpc) is 3.29. The number of non-ortho nitro benzene ring substituents is 1. The highest BCUT2D eigenvalue weighted by atomic mass is 16.6. The van der Waals surface area contributed by atoms with E-state index >= 15 is 0 Å². The number of ether oxygens (including phenoxy) is 1. The van der Waals surface area contributed by atoms with Gasteiger partial charge in [-0.1, -0.05) is 20.8 Å². The third kappa shape index (κ3) is 4.72. The number of nitro groups is 1. The molecule has 0 radical (unpaired) electrons. The minimum Gasteiger partial charge on any atom is -0.469 e. The first-order valence-electron chi connectivity index (χ1n) is 15.0. The SMILES string of the molecule is COC(=O)CC[C@@H](C)[C@H]1CC[C@H]2[C@@H]3CCC4C[C@@](O)(C(=O)c5ccc([N+](=O)[O-])cc5)CC[C@]4(C)[C@H]3CC[C@]12C. The molecule has 4 saturated carbocycles. The van der Waals surface area contributed by atoms with E-state index in [1.807, 2.05) is 0 Å². The summed E-state index contributed by atoms with van der Waals surface area (Å²) in [4.78, 5) is 35.7. The lowest BCUT2D eigenvalue weighted by molar-refractivity contribution is -0.384. The maximum absolute atomic E-state index is 13.4. The first-order chi connectivity index (χ1) is 18.4. The van der Waals surface area contributed by atoms with Gasteiger partial charge in [-0.15, -0.1) is 0 Å². The number of nitro benzene ring substituents is 1. The van der Waals surface area contributed by atoms with Gasteiger partial charge in [0.15, 0.2) is 5.78 Å². The molecular weight excluding hydrogens is 494 g/mol. The predicted octanol–water partition coefficient (Wildman–Crippen LogP) is 6.76. The van der Waals surface area contributed by atoms with Gasteiger partial charge in [-0.05, 0) is 123 Å². The lowest BCUT2D eigenvalue weighted by atomic mass is 9.43. The number of benzene rings is 1. The molecule has 0 heterocycles. The Labute approximate surface area is 232 Å². The monoisotopic (exact) mass is 539 g/mol. The van der Waals surface area contributed by atoms with E-state index in [0.29, 0.717) is 65.7 Å². The molecule has 4 fully saturated rings. The average molecular weight is 540 g/mol. The number of esters is 1.